The van der Waals surface area contributed by atoms with Crippen molar-refractivity contribution < 1.29 is 17.0 Å². The van der Waals surface area contributed by atoms with Crippen LogP contribution in [0.1, 0.15) is 39.5 Å². The number of unbranched alkanes of at least 4 members (excludes halogenated alkanes) is 2. The number of nitrogens with zero attached hydrogens (tertiary/aromatic N) is 2. The van der Waals surface area contributed by atoms with Gasteiger partial charge in [0.25, 0.3) is 0 Å². The van der Waals surface area contributed by atoms with Crippen LogP contribution < -0.4 is 17.0 Å². The Morgan fingerprint density at radius 3 is 2.12 bits per heavy atom. The molecule has 0 radical (unpaired) electrons. The molecule has 4 heteroatoms. The molecule has 1 aromatic heterocycles. The van der Waals surface area contributed by atoms with Crippen molar-refractivity contribution in [2.75, 3.05) is 5.88 Å². The van der Waals surface area contributed by atoms with Crippen LogP contribution in [-0.2, 0) is 13.6 Å². The predicted molar refractivity (Wildman–Crippen MR) is 66.1 cm³/mol. The highest BCUT2D eigenvalue weighted by molar-refractivity contribution is 6.17. The topological polar surface area (TPSA) is 8.81 Å². The molecule has 1 rings (SSSR count). The molecular formula is C12H24Cl2N2. The van der Waals surface area contributed by atoms with Gasteiger partial charge >= 0.3 is 0 Å². The molecule has 0 aliphatic rings. The zero-order valence-electron chi connectivity index (χ0n) is 10.6. The van der Waals surface area contributed by atoms with Crippen molar-refractivity contribution >= 4 is 11.6 Å². The normalized spacial score (nSPS) is 9.00. The average Bonchev–Trinajstić information content (AvgIpc) is 2.63. The van der Waals surface area contributed by atoms with Gasteiger partial charge in [0.05, 0.1) is 13.6 Å². The third-order valence-electron chi connectivity index (χ3n) is 2.08. The fourth-order valence-corrected chi connectivity index (χ4v) is 1.38. The maximum atomic E-state index is 5.30. The minimum absolute atomic E-state index is 0. The first kappa shape index (κ1) is 18.2. The van der Waals surface area contributed by atoms with Gasteiger partial charge in [0.2, 0.25) is 6.33 Å². The molecule has 0 amide bonds. The molecular weight excluding hydrogens is 243 g/mol. The number of hydrogen-bond donors (Lipinski definition) is 0. The van der Waals surface area contributed by atoms with Gasteiger partial charge in [-0.3, -0.25) is 0 Å². The van der Waals surface area contributed by atoms with Crippen molar-refractivity contribution in [3.63, 3.8) is 0 Å². The molecule has 0 fully saturated rings. The lowest BCUT2D eigenvalue weighted by atomic mass is 10.3. The van der Waals surface area contributed by atoms with Crippen LogP contribution in [0.2, 0.25) is 0 Å². The third kappa shape index (κ3) is 10.3. The summed E-state index contributed by atoms with van der Waals surface area (Å²) >= 11 is 5.30. The summed E-state index contributed by atoms with van der Waals surface area (Å²) in [6.45, 7) is 5.49. The molecule has 0 spiro atoms. The summed E-state index contributed by atoms with van der Waals surface area (Å²) in [7, 11) is 2.04. The molecule has 0 saturated carbocycles. The Balaban J connectivity index is 0. The first-order chi connectivity index (χ1) is 7.24. The smallest absolute Gasteiger partial charge is 0.243 e. The van der Waals surface area contributed by atoms with Crippen LogP contribution in [0.3, 0.4) is 0 Å². The number of imidazole rings is 1. The zero-order valence-corrected chi connectivity index (χ0v) is 12.1. The lowest BCUT2D eigenvalue weighted by Gasteiger charge is -1.90. The monoisotopic (exact) mass is 266 g/mol. The second-order valence-corrected chi connectivity index (χ2v) is 4.09. The summed E-state index contributed by atoms with van der Waals surface area (Å²) in [5.41, 5.74) is 0. The first-order valence-corrected chi connectivity index (χ1v) is 6.35. The van der Waals surface area contributed by atoms with E-state index in [4.69, 9.17) is 11.6 Å². The van der Waals surface area contributed by atoms with Gasteiger partial charge in [0, 0.05) is 5.88 Å². The second kappa shape index (κ2) is 12.9. The first-order valence-electron chi connectivity index (χ1n) is 5.81. The van der Waals surface area contributed by atoms with E-state index < -0.39 is 0 Å². The minimum atomic E-state index is 0. The Bertz CT molecular complexity index is 235. The Morgan fingerprint density at radius 1 is 1.19 bits per heavy atom. The highest BCUT2D eigenvalue weighted by Gasteiger charge is 1.96. The molecule has 96 valence electrons. The van der Waals surface area contributed by atoms with Crippen LogP contribution in [0.4, 0.5) is 0 Å². The van der Waals surface area contributed by atoms with Gasteiger partial charge in [-0.15, -0.1) is 11.6 Å². The lowest BCUT2D eigenvalue weighted by Crippen LogP contribution is -3.00. The fraction of sp³-hybridized carbons (Fsp3) is 0.750. The van der Waals surface area contributed by atoms with Gasteiger partial charge in [-0.25, -0.2) is 9.13 Å². The van der Waals surface area contributed by atoms with E-state index in [9.17, 15) is 0 Å². The van der Waals surface area contributed by atoms with E-state index in [0.717, 1.165) is 18.8 Å². The molecule has 0 aliphatic heterocycles. The molecule has 0 N–H and O–H groups in total. The quantitative estimate of drug-likeness (QED) is 0.530. The van der Waals surface area contributed by atoms with E-state index in [2.05, 4.69) is 41.7 Å². The fourth-order valence-electron chi connectivity index (χ4n) is 1.11. The average molecular weight is 267 g/mol. The standard InChI is InChI=1S/C8H15N2.C4H9Cl.ClH/c1-3-4-5-10-7-6-9(2)8-10;1-2-3-4-5;/h6-8H,3-5H2,1-2H3;2-4H2,1H3;1H/q+1;;/p-1. The number of alkyl halides is 1. The maximum absolute atomic E-state index is 5.30. The number of aromatic nitrogens is 2. The largest absolute Gasteiger partial charge is 1.00 e. The summed E-state index contributed by atoms with van der Waals surface area (Å²) in [6.07, 6.45) is 11.2. The number of aryl methyl sites for hydroxylation is 2. The van der Waals surface area contributed by atoms with Gasteiger partial charge in [0.15, 0.2) is 0 Å². The second-order valence-electron chi connectivity index (χ2n) is 3.71. The molecule has 0 atom stereocenters. The van der Waals surface area contributed by atoms with Crippen molar-refractivity contribution in [1.82, 2.24) is 4.57 Å². The van der Waals surface area contributed by atoms with Gasteiger partial charge in [0.1, 0.15) is 12.4 Å². The van der Waals surface area contributed by atoms with Crippen molar-refractivity contribution in [2.24, 2.45) is 7.05 Å². The number of hydrogen-bond acceptors (Lipinski definition) is 0. The zero-order chi connectivity index (χ0) is 11.5. The van der Waals surface area contributed by atoms with Gasteiger partial charge in [-0.05, 0) is 12.8 Å². The van der Waals surface area contributed by atoms with Crippen molar-refractivity contribution in [3.8, 4) is 0 Å². The summed E-state index contributed by atoms with van der Waals surface area (Å²) < 4.78 is 4.28. The molecule has 2 nitrogen and oxygen atoms in total. The van der Waals surface area contributed by atoms with Crippen LogP contribution in [0, 0.1) is 0 Å². The van der Waals surface area contributed by atoms with Gasteiger partial charge in [-0.1, -0.05) is 26.7 Å². The van der Waals surface area contributed by atoms with Crippen LogP contribution in [0.5, 0.6) is 0 Å². The molecule has 0 aromatic carbocycles. The van der Waals surface area contributed by atoms with Gasteiger partial charge < -0.3 is 12.4 Å². The van der Waals surface area contributed by atoms with E-state index in [0.29, 0.717) is 0 Å². The number of rotatable bonds is 5. The summed E-state index contributed by atoms with van der Waals surface area (Å²) in [6, 6.07) is 0. The molecule has 0 saturated heterocycles. The summed E-state index contributed by atoms with van der Waals surface area (Å²) in [4.78, 5) is 0. The third-order valence-corrected chi connectivity index (χ3v) is 2.35. The molecule has 1 heterocycles. The van der Waals surface area contributed by atoms with Crippen LogP contribution >= 0.6 is 11.6 Å². The van der Waals surface area contributed by atoms with Gasteiger partial charge in [-0.2, -0.15) is 0 Å². The molecule has 0 bridgehead atoms. The van der Waals surface area contributed by atoms with E-state index in [1.807, 2.05) is 7.05 Å². The highest BCUT2D eigenvalue weighted by atomic mass is 35.5. The van der Waals surface area contributed by atoms with Crippen molar-refractivity contribution in [1.29, 1.82) is 0 Å². The Kier molecular flexibility index (Phi) is 14.6. The lowest BCUT2D eigenvalue weighted by molar-refractivity contribution is -0.671. The van der Waals surface area contributed by atoms with E-state index in [1.165, 1.54) is 19.3 Å². The SMILES string of the molecule is CCCCCl.CCCCn1cc[n+](C)c1.[Cl-]. The summed E-state index contributed by atoms with van der Waals surface area (Å²) in [5, 5.41) is 0. The van der Waals surface area contributed by atoms with Crippen LogP contribution in [0.15, 0.2) is 18.7 Å². The number of halogens is 2. The van der Waals surface area contributed by atoms with Crippen molar-refractivity contribution in [3.05, 3.63) is 18.7 Å². The van der Waals surface area contributed by atoms with Crippen LogP contribution in [0.25, 0.3) is 0 Å². The Labute approximate surface area is 111 Å². The van der Waals surface area contributed by atoms with Crippen LogP contribution in [-0.4, -0.2) is 10.4 Å². The van der Waals surface area contributed by atoms with E-state index in [-0.39, 0.29) is 12.4 Å². The Morgan fingerprint density at radius 2 is 1.81 bits per heavy atom. The Hall–Kier alpha value is -0.210. The molecule has 1 aromatic rings. The highest BCUT2D eigenvalue weighted by Crippen LogP contribution is 1.91. The van der Waals surface area contributed by atoms with E-state index in [1.54, 1.807) is 0 Å². The molecule has 0 aliphatic carbocycles. The molecule has 16 heavy (non-hydrogen) atoms. The summed E-state index contributed by atoms with van der Waals surface area (Å²) in [5.74, 6) is 0.816. The predicted octanol–water partition coefficient (Wildman–Crippen LogP) is 0.142. The maximum Gasteiger partial charge on any atom is 0.243 e. The van der Waals surface area contributed by atoms with Crippen molar-refractivity contribution in [2.45, 2.75) is 46.1 Å². The minimum Gasteiger partial charge on any atom is -1.00 e. The molecule has 0 unspecified atom stereocenters. The van der Waals surface area contributed by atoms with E-state index >= 15 is 0 Å².